The highest BCUT2D eigenvalue weighted by molar-refractivity contribution is 7.80. The van der Waals surface area contributed by atoms with Crippen molar-refractivity contribution in [3.8, 4) is 0 Å². The molecule has 2 aliphatic heterocycles. The van der Waals surface area contributed by atoms with Crippen molar-refractivity contribution in [2.75, 3.05) is 43.1 Å². The fourth-order valence-corrected chi connectivity index (χ4v) is 2.78. The lowest BCUT2D eigenvalue weighted by atomic mass is 10.2. The van der Waals surface area contributed by atoms with E-state index in [1.807, 2.05) is 0 Å². The van der Waals surface area contributed by atoms with Gasteiger partial charge in [-0.2, -0.15) is 0 Å². The maximum Gasteiger partial charge on any atom is 0.414 e. The average Bonchev–Trinajstić information content (AvgIpc) is 3.18. The number of carbonyl (C=O) groups is 2. The van der Waals surface area contributed by atoms with Crippen molar-refractivity contribution in [2.24, 2.45) is 0 Å². The van der Waals surface area contributed by atoms with Crippen molar-refractivity contribution in [1.29, 1.82) is 0 Å². The van der Waals surface area contributed by atoms with Gasteiger partial charge in [-0.25, -0.2) is 18.4 Å². The molecule has 1 aromatic carbocycles. The monoisotopic (exact) mass is 386 g/mol. The van der Waals surface area contributed by atoms with Gasteiger partial charge in [-0.1, -0.05) is 0 Å². The van der Waals surface area contributed by atoms with E-state index in [1.54, 1.807) is 7.05 Å². The number of amides is 2. The number of anilines is 2. The average molecular weight is 386 g/mol. The van der Waals surface area contributed by atoms with Crippen LogP contribution in [0.5, 0.6) is 0 Å². The van der Waals surface area contributed by atoms with E-state index in [1.165, 1.54) is 0 Å². The molecule has 3 rings (SSSR count). The number of carbonyl (C=O) groups excluding carboxylic acids is 2. The molecule has 2 heterocycles. The summed E-state index contributed by atoms with van der Waals surface area (Å²) in [4.78, 5) is 25.5. The summed E-state index contributed by atoms with van der Waals surface area (Å²) in [6, 6.07) is 1.97. The van der Waals surface area contributed by atoms with E-state index >= 15 is 0 Å². The standard InChI is InChI=1S/C15H16F2N4O4S/c1-18-13(26)19-6-9-7-21(15(23)25-9)8-4-10(16)12(11(17)5-8)20-2-3-24-14(20)22/h4-5,9H,2-3,6-7H2,1H3,(H2,18,19,26)/t9-/m0/s1. The molecule has 2 saturated heterocycles. The summed E-state index contributed by atoms with van der Waals surface area (Å²) >= 11 is 4.93. The molecule has 0 spiro atoms. The first-order valence-corrected chi connectivity index (χ1v) is 8.18. The molecule has 11 heteroatoms. The molecule has 0 bridgehead atoms. The van der Waals surface area contributed by atoms with Crippen molar-refractivity contribution in [3.05, 3.63) is 23.8 Å². The zero-order chi connectivity index (χ0) is 18.8. The van der Waals surface area contributed by atoms with Crippen molar-refractivity contribution in [3.63, 3.8) is 0 Å². The molecule has 0 aromatic heterocycles. The highest BCUT2D eigenvalue weighted by atomic mass is 32.1. The number of nitrogens with one attached hydrogen (secondary N) is 2. The zero-order valence-corrected chi connectivity index (χ0v) is 14.6. The minimum Gasteiger partial charge on any atom is -0.447 e. The quantitative estimate of drug-likeness (QED) is 0.756. The highest BCUT2D eigenvalue weighted by Gasteiger charge is 2.35. The summed E-state index contributed by atoms with van der Waals surface area (Å²) in [5, 5.41) is 5.96. The minimum atomic E-state index is -0.968. The van der Waals surface area contributed by atoms with E-state index in [2.05, 4.69) is 10.6 Å². The molecule has 2 N–H and O–H groups in total. The Morgan fingerprint density at radius 1 is 1.27 bits per heavy atom. The van der Waals surface area contributed by atoms with Crippen molar-refractivity contribution < 1.29 is 27.8 Å². The van der Waals surface area contributed by atoms with Crippen LogP contribution in [0.3, 0.4) is 0 Å². The topological polar surface area (TPSA) is 83.1 Å². The van der Waals surface area contributed by atoms with Crippen LogP contribution in [0.1, 0.15) is 0 Å². The van der Waals surface area contributed by atoms with Crippen LogP contribution in [0.25, 0.3) is 0 Å². The Bertz CT molecular complexity index is 740. The molecule has 2 amide bonds. The van der Waals surface area contributed by atoms with Gasteiger partial charge >= 0.3 is 12.2 Å². The maximum atomic E-state index is 14.4. The molecule has 0 unspecified atom stereocenters. The fraction of sp³-hybridized carbons (Fsp3) is 0.400. The summed E-state index contributed by atoms with van der Waals surface area (Å²) in [5.41, 5.74) is -0.499. The molecule has 1 atom stereocenters. The molecular weight excluding hydrogens is 370 g/mol. The Kier molecular flexibility index (Phi) is 5.07. The highest BCUT2D eigenvalue weighted by Crippen LogP contribution is 2.32. The van der Waals surface area contributed by atoms with Gasteiger partial charge in [0.05, 0.1) is 25.3 Å². The number of benzene rings is 1. The summed E-state index contributed by atoms with van der Waals surface area (Å²) in [7, 11) is 1.64. The van der Waals surface area contributed by atoms with E-state index < -0.39 is 35.6 Å². The van der Waals surface area contributed by atoms with Crippen molar-refractivity contribution in [1.82, 2.24) is 10.6 Å². The molecule has 2 fully saturated rings. The van der Waals surface area contributed by atoms with Crippen LogP contribution in [0.2, 0.25) is 0 Å². The third-order valence-corrected chi connectivity index (χ3v) is 4.28. The van der Waals surface area contributed by atoms with E-state index in [4.69, 9.17) is 21.7 Å². The Hall–Kier alpha value is -2.69. The van der Waals surface area contributed by atoms with Crippen LogP contribution in [0, 0.1) is 11.6 Å². The van der Waals surface area contributed by atoms with Gasteiger partial charge in [0, 0.05) is 19.2 Å². The SMILES string of the molecule is CNC(=S)NC[C@H]1CN(c2cc(F)c(N3CCOC3=O)c(F)c2)C(=O)O1. The second-order valence-corrected chi connectivity index (χ2v) is 6.01. The number of hydrogen-bond donors (Lipinski definition) is 2. The second-order valence-electron chi connectivity index (χ2n) is 5.60. The first kappa shape index (κ1) is 18.1. The number of nitrogens with zero attached hydrogens (tertiary/aromatic N) is 2. The molecule has 2 aliphatic rings. The molecule has 8 nitrogen and oxygen atoms in total. The molecule has 26 heavy (non-hydrogen) atoms. The van der Waals surface area contributed by atoms with Crippen molar-refractivity contribution >= 4 is 40.9 Å². The van der Waals surface area contributed by atoms with Gasteiger partial charge in [-0.3, -0.25) is 9.80 Å². The third kappa shape index (κ3) is 3.47. The van der Waals surface area contributed by atoms with Gasteiger partial charge in [0.2, 0.25) is 0 Å². The Labute approximate surface area is 153 Å². The van der Waals surface area contributed by atoms with Crippen LogP contribution >= 0.6 is 12.2 Å². The van der Waals surface area contributed by atoms with Crippen LogP contribution in [0.15, 0.2) is 12.1 Å². The van der Waals surface area contributed by atoms with E-state index in [0.29, 0.717) is 5.11 Å². The molecule has 0 radical (unpaired) electrons. The van der Waals surface area contributed by atoms with Crippen molar-refractivity contribution in [2.45, 2.75) is 6.10 Å². The molecule has 140 valence electrons. The smallest absolute Gasteiger partial charge is 0.414 e. The summed E-state index contributed by atoms with van der Waals surface area (Å²) in [6.07, 6.45) is -2.07. The molecule has 0 aliphatic carbocycles. The van der Waals surface area contributed by atoms with E-state index in [0.717, 1.165) is 21.9 Å². The van der Waals surface area contributed by atoms with Crippen LogP contribution in [-0.2, 0) is 9.47 Å². The zero-order valence-electron chi connectivity index (χ0n) is 13.8. The van der Waals surface area contributed by atoms with Crippen LogP contribution < -0.4 is 20.4 Å². The Morgan fingerprint density at radius 3 is 2.54 bits per heavy atom. The number of thiocarbonyl (C=S) groups is 1. The molecular formula is C15H16F2N4O4S. The Balaban J connectivity index is 1.76. The normalized spacial score (nSPS) is 19.4. The lowest BCUT2D eigenvalue weighted by Crippen LogP contribution is -2.39. The van der Waals surface area contributed by atoms with Gasteiger partial charge < -0.3 is 20.1 Å². The fourth-order valence-electron chi connectivity index (χ4n) is 2.70. The molecule has 0 saturated carbocycles. The number of halogens is 2. The predicted molar refractivity (Wildman–Crippen MR) is 92.3 cm³/mol. The van der Waals surface area contributed by atoms with Gasteiger partial charge in [0.25, 0.3) is 0 Å². The van der Waals surface area contributed by atoms with Crippen LogP contribution in [-0.4, -0.2) is 56.7 Å². The third-order valence-electron chi connectivity index (χ3n) is 3.94. The van der Waals surface area contributed by atoms with E-state index in [9.17, 15) is 18.4 Å². The van der Waals surface area contributed by atoms with Gasteiger partial charge in [0.1, 0.15) is 18.4 Å². The first-order chi connectivity index (χ1) is 12.4. The summed E-state index contributed by atoms with van der Waals surface area (Å²) in [5.74, 6) is -1.94. The lowest BCUT2D eigenvalue weighted by molar-refractivity contribution is 0.143. The Morgan fingerprint density at radius 2 is 1.96 bits per heavy atom. The van der Waals surface area contributed by atoms with Gasteiger partial charge in [-0.15, -0.1) is 0 Å². The molecule has 1 aromatic rings. The van der Waals surface area contributed by atoms with Gasteiger partial charge in [0.15, 0.2) is 16.7 Å². The number of ether oxygens (including phenoxy) is 2. The van der Waals surface area contributed by atoms with Gasteiger partial charge in [-0.05, 0) is 12.2 Å². The predicted octanol–water partition coefficient (Wildman–Crippen LogP) is 1.34. The summed E-state index contributed by atoms with van der Waals surface area (Å²) in [6.45, 7) is 0.463. The first-order valence-electron chi connectivity index (χ1n) is 7.77. The lowest BCUT2D eigenvalue weighted by Gasteiger charge is -2.18. The second kappa shape index (κ2) is 7.28. The largest absolute Gasteiger partial charge is 0.447 e. The maximum absolute atomic E-state index is 14.4. The number of cyclic esters (lactones) is 2. The van der Waals surface area contributed by atoms with Crippen LogP contribution in [0.4, 0.5) is 29.7 Å². The minimum absolute atomic E-state index is 0.00000680. The summed E-state index contributed by atoms with van der Waals surface area (Å²) < 4.78 is 38.7. The number of rotatable bonds is 4. The number of hydrogen-bond acceptors (Lipinski definition) is 5. The van der Waals surface area contributed by atoms with E-state index in [-0.39, 0.29) is 31.9 Å².